The van der Waals surface area contributed by atoms with Crippen molar-refractivity contribution in [2.45, 2.75) is 25.9 Å². The number of nitrogens with one attached hydrogen (secondary N) is 2. The molecule has 1 fully saturated rings. The SMILES string of the molecule is Cc1cc(N2C(=S)N[C@H](c3ccccn3)[C@@H]2c2cccn2-c2ccccc2C)ccc1NS(C)(=O)=O. The van der Waals surface area contributed by atoms with Crippen molar-refractivity contribution < 1.29 is 8.42 Å². The summed E-state index contributed by atoms with van der Waals surface area (Å²) in [7, 11) is -3.39. The van der Waals surface area contributed by atoms with Crippen LogP contribution in [-0.4, -0.2) is 29.3 Å². The monoisotopic (exact) mass is 517 g/mol. The van der Waals surface area contributed by atoms with Crippen LogP contribution in [0.25, 0.3) is 5.69 Å². The highest BCUT2D eigenvalue weighted by Gasteiger charge is 2.42. The molecule has 0 unspecified atom stereocenters. The summed E-state index contributed by atoms with van der Waals surface area (Å²) in [6.07, 6.45) is 5.00. The Morgan fingerprint density at radius 3 is 2.44 bits per heavy atom. The van der Waals surface area contributed by atoms with Gasteiger partial charge < -0.3 is 14.8 Å². The molecule has 0 spiro atoms. The van der Waals surface area contributed by atoms with Gasteiger partial charge in [-0.05, 0) is 85.7 Å². The summed E-state index contributed by atoms with van der Waals surface area (Å²) >= 11 is 5.87. The van der Waals surface area contributed by atoms with Crippen LogP contribution in [0.3, 0.4) is 0 Å². The second kappa shape index (κ2) is 9.40. The molecule has 1 aliphatic heterocycles. The van der Waals surface area contributed by atoms with E-state index in [1.54, 1.807) is 12.3 Å². The molecule has 184 valence electrons. The number of rotatable bonds is 6. The Morgan fingerprint density at radius 1 is 0.972 bits per heavy atom. The predicted octanol–water partition coefficient (Wildman–Crippen LogP) is 5.04. The van der Waals surface area contributed by atoms with Crippen LogP contribution < -0.4 is 14.9 Å². The van der Waals surface area contributed by atoms with Crippen LogP contribution in [0.1, 0.15) is 34.6 Å². The molecule has 0 bridgehead atoms. The Balaban J connectivity index is 1.65. The Bertz CT molecular complexity index is 1530. The summed E-state index contributed by atoms with van der Waals surface area (Å²) < 4.78 is 28.4. The fraction of sp³-hybridized carbons (Fsp3) is 0.185. The second-order valence-electron chi connectivity index (χ2n) is 8.96. The minimum absolute atomic E-state index is 0.189. The van der Waals surface area contributed by atoms with E-state index in [1.807, 2.05) is 55.5 Å². The normalized spacial score (nSPS) is 17.8. The lowest BCUT2D eigenvalue weighted by molar-refractivity contribution is 0.549. The van der Waals surface area contributed by atoms with E-state index in [2.05, 4.69) is 55.8 Å². The van der Waals surface area contributed by atoms with E-state index in [0.29, 0.717) is 10.8 Å². The Kier molecular flexibility index (Phi) is 6.27. The van der Waals surface area contributed by atoms with E-state index >= 15 is 0 Å². The number of benzene rings is 2. The van der Waals surface area contributed by atoms with Crippen LogP contribution in [0.5, 0.6) is 0 Å². The smallest absolute Gasteiger partial charge is 0.229 e. The van der Waals surface area contributed by atoms with Gasteiger partial charge in [-0.15, -0.1) is 0 Å². The van der Waals surface area contributed by atoms with Crippen molar-refractivity contribution in [3.8, 4) is 5.69 Å². The first-order chi connectivity index (χ1) is 17.2. The molecule has 0 saturated carbocycles. The molecule has 9 heteroatoms. The van der Waals surface area contributed by atoms with Crippen molar-refractivity contribution in [1.82, 2.24) is 14.9 Å². The lowest BCUT2D eigenvalue weighted by Crippen LogP contribution is -2.30. The van der Waals surface area contributed by atoms with Gasteiger partial charge >= 0.3 is 0 Å². The summed E-state index contributed by atoms with van der Waals surface area (Å²) in [4.78, 5) is 6.73. The third-order valence-electron chi connectivity index (χ3n) is 6.34. The molecule has 0 radical (unpaired) electrons. The van der Waals surface area contributed by atoms with Gasteiger partial charge in [-0.2, -0.15) is 0 Å². The number of sulfonamides is 1. The molecular formula is C27H27N5O2S2. The molecule has 1 saturated heterocycles. The number of thiocarbonyl (C=S) groups is 1. The molecule has 0 amide bonds. The molecule has 0 aliphatic carbocycles. The average molecular weight is 518 g/mol. The fourth-order valence-electron chi connectivity index (χ4n) is 4.73. The van der Waals surface area contributed by atoms with E-state index < -0.39 is 10.0 Å². The first-order valence-corrected chi connectivity index (χ1v) is 13.9. The summed E-state index contributed by atoms with van der Waals surface area (Å²) in [5.74, 6) is 0. The molecule has 36 heavy (non-hydrogen) atoms. The average Bonchev–Trinajstić information content (AvgIpc) is 3.44. The Morgan fingerprint density at radius 2 is 1.75 bits per heavy atom. The van der Waals surface area contributed by atoms with Crippen molar-refractivity contribution in [1.29, 1.82) is 0 Å². The highest BCUT2D eigenvalue weighted by Crippen LogP contribution is 2.43. The van der Waals surface area contributed by atoms with Crippen LogP contribution in [0.15, 0.2) is 85.2 Å². The molecule has 2 aromatic heterocycles. The van der Waals surface area contributed by atoms with Crippen molar-refractivity contribution >= 4 is 38.7 Å². The molecule has 7 nitrogen and oxygen atoms in total. The van der Waals surface area contributed by atoms with Gasteiger partial charge in [0.2, 0.25) is 10.0 Å². The second-order valence-corrected chi connectivity index (χ2v) is 11.1. The van der Waals surface area contributed by atoms with Gasteiger partial charge in [-0.25, -0.2) is 8.42 Å². The first-order valence-electron chi connectivity index (χ1n) is 11.6. The molecular weight excluding hydrogens is 490 g/mol. The zero-order valence-electron chi connectivity index (χ0n) is 20.2. The number of nitrogens with zero attached hydrogens (tertiary/aromatic N) is 3. The van der Waals surface area contributed by atoms with E-state index in [4.69, 9.17) is 12.2 Å². The number of anilines is 2. The molecule has 4 aromatic rings. The van der Waals surface area contributed by atoms with Crippen molar-refractivity contribution in [2.75, 3.05) is 15.9 Å². The number of aromatic nitrogens is 2. The number of hydrogen-bond donors (Lipinski definition) is 2. The highest BCUT2D eigenvalue weighted by molar-refractivity contribution is 7.92. The maximum Gasteiger partial charge on any atom is 0.229 e. The van der Waals surface area contributed by atoms with Gasteiger partial charge in [0.05, 0.1) is 23.7 Å². The van der Waals surface area contributed by atoms with Crippen molar-refractivity contribution in [3.63, 3.8) is 0 Å². The summed E-state index contributed by atoms with van der Waals surface area (Å²) in [6.45, 7) is 3.98. The van der Waals surface area contributed by atoms with Crippen LogP contribution in [0, 0.1) is 13.8 Å². The van der Waals surface area contributed by atoms with Gasteiger partial charge in [-0.1, -0.05) is 24.3 Å². The topological polar surface area (TPSA) is 79.3 Å². The van der Waals surface area contributed by atoms with Crippen LogP contribution >= 0.6 is 12.2 Å². The third kappa shape index (κ3) is 4.59. The lowest BCUT2D eigenvalue weighted by atomic mass is 10.00. The number of pyridine rings is 1. The van der Waals surface area contributed by atoms with Crippen LogP contribution in [0.2, 0.25) is 0 Å². The molecule has 1 aliphatic rings. The highest BCUT2D eigenvalue weighted by atomic mass is 32.2. The maximum atomic E-state index is 11.8. The van der Waals surface area contributed by atoms with Crippen LogP contribution in [-0.2, 0) is 10.0 Å². The first kappa shape index (κ1) is 24.0. The quantitative estimate of drug-likeness (QED) is 0.349. The standard InChI is InChI=1S/C27H27N5O2S2/c1-18-9-4-5-11-23(18)31-16-8-12-24(31)26-25(22-10-6-7-15-28-22)29-27(35)32(26)20-13-14-21(19(2)17-20)30-36(3,33)34/h4-17,25-26,30H,1-3H3,(H,29,35)/t25-,26+/m1/s1. The number of aryl methyl sites for hydroxylation is 2. The fourth-order valence-corrected chi connectivity index (χ4v) is 5.71. The Hall–Kier alpha value is -3.69. The molecule has 2 aromatic carbocycles. The molecule has 2 atom stereocenters. The number of hydrogen-bond acceptors (Lipinski definition) is 4. The zero-order valence-corrected chi connectivity index (χ0v) is 21.8. The van der Waals surface area contributed by atoms with E-state index in [0.717, 1.165) is 40.1 Å². The van der Waals surface area contributed by atoms with E-state index in [1.165, 1.54) is 0 Å². The zero-order chi connectivity index (χ0) is 25.4. The number of para-hydroxylation sites is 1. The lowest BCUT2D eigenvalue weighted by Gasteiger charge is -2.29. The third-order valence-corrected chi connectivity index (χ3v) is 7.25. The van der Waals surface area contributed by atoms with E-state index in [-0.39, 0.29) is 12.1 Å². The summed E-state index contributed by atoms with van der Waals surface area (Å²) in [5.41, 5.74) is 6.41. The predicted molar refractivity (Wildman–Crippen MR) is 148 cm³/mol. The van der Waals surface area contributed by atoms with Gasteiger partial charge in [0, 0.05) is 29.5 Å². The van der Waals surface area contributed by atoms with Gasteiger partial charge in [0.15, 0.2) is 5.11 Å². The van der Waals surface area contributed by atoms with Crippen LogP contribution in [0.4, 0.5) is 11.4 Å². The minimum Gasteiger partial charge on any atom is -0.351 e. The largest absolute Gasteiger partial charge is 0.351 e. The maximum absolute atomic E-state index is 11.8. The van der Waals surface area contributed by atoms with Crippen molar-refractivity contribution in [2.24, 2.45) is 0 Å². The summed E-state index contributed by atoms with van der Waals surface area (Å²) in [5, 5.41) is 4.07. The minimum atomic E-state index is -3.39. The summed E-state index contributed by atoms with van der Waals surface area (Å²) in [6, 6.07) is 23.5. The van der Waals surface area contributed by atoms with E-state index in [9.17, 15) is 8.42 Å². The molecule has 3 heterocycles. The Labute approximate surface area is 216 Å². The molecule has 2 N–H and O–H groups in total. The van der Waals surface area contributed by atoms with Gasteiger partial charge in [0.25, 0.3) is 0 Å². The van der Waals surface area contributed by atoms with Gasteiger partial charge in [-0.3, -0.25) is 9.71 Å². The van der Waals surface area contributed by atoms with Crippen molar-refractivity contribution in [3.05, 3.63) is 108 Å². The molecule has 5 rings (SSSR count). The van der Waals surface area contributed by atoms with Gasteiger partial charge in [0.1, 0.15) is 6.04 Å².